The van der Waals surface area contributed by atoms with Crippen molar-refractivity contribution in [3.8, 4) is 0 Å². The number of aliphatic carboxylic acids is 2. The van der Waals surface area contributed by atoms with Crippen molar-refractivity contribution in [1.29, 1.82) is 0 Å². The highest BCUT2D eigenvalue weighted by atomic mass is 19.4. The van der Waals surface area contributed by atoms with E-state index in [0.717, 1.165) is 45.0 Å². The molecule has 2 atom stereocenters. The fraction of sp³-hybridized carbons (Fsp3) is 0.545. The fourth-order valence-corrected chi connectivity index (χ4v) is 3.93. The van der Waals surface area contributed by atoms with Crippen LogP contribution in [-0.4, -0.2) is 87.1 Å². The van der Waals surface area contributed by atoms with Crippen LogP contribution >= 0.6 is 0 Å². The van der Waals surface area contributed by atoms with Crippen LogP contribution in [-0.2, 0) is 39.3 Å². The van der Waals surface area contributed by atoms with Crippen LogP contribution in [0.5, 0.6) is 0 Å². The third-order valence-corrected chi connectivity index (χ3v) is 5.62. The summed E-state index contributed by atoms with van der Waals surface area (Å²) in [4.78, 5) is 24.4. The maximum absolute atomic E-state index is 10.6. The minimum Gasteiger partial charge on any atom is -0.475 e. The van der Waals surface area contributed by atoms with Gasteiger partial charge in [0, 0.05) is 62.2 Å². The molecule has 16 heteroatoms. The van der Waals surface area contributed by atoms with Gasteiger partial charge in [-0.05, 0) is 11.6 Å². The molecule has 4 rings (SSSR count). The molecular formula is C22H26F6N4O6. The van der Waals surface area contributed by atoms with Crippen LogP contribution in [0.3, 0.4) is 0 Å². The number of carboxylic acid groups (broad SMARTS) is 2. The first-order chi connectivity index (χ1) is 17.6. The highest BCUT2D eigenvalue weighted by Crippen LogP contribution is 2.42. The van der Waals surface area contributed by atoms with E-state index in [1.165, 1.54) is 5.56 Å². The number of rotatable bonds is 6. The van der Waals surface area contributed by atoms with Crippen molar-refractivity contribution < 1.29 is 55.6 Å². The maximum atomic E-state index is 10.6. The Morgan fingerprint density at radius 1 is 1.13 bits per heavy atom. The lowest BCUT2D eigenvalue weighted by Crippen LogP contribution is -2.35. The first-order valence-corrected chi connectivity index (χ1v) is 11.0. The average molecular weight is 556 g/mol. The topological polar surface area (TPSA) is 127 Å². The van der Waals surface area contributed by atoms with Crippen LogP contribution in [0.2, 0.25) is 0 Å². The smallest absolute Gasteiger partial charge is 0.475 e. The van der Waals surface area contributed by atoms with Gasteiger partial charge in [-0.1, -0.05) is 6.07 Å². The molecule has 2 saturated heterocycles. The zero-order valence-electron chi connectivity index (χ0n) is 20.1. The van der Waals surface area contributed by atoms with Gasteiger partial charge in [0.25, 0.3) is 0 Å². The Labute approximate surface area is 212 Å². The second kappa shape index (κ2) is 13.0. The van der Waals surface area contributed by atoms with Crippen LogP contribution in [0.15, 0.2) is 36.9 Å². The van der Waals surface area contributed by atoms with Gasteiger partial charge in [0.15, 0.2) is 0 Å². The molecule has 0 spiro atoms. The van der Waals surface area contributed by atoms with Gasteiger partial charge in [0.2, 0.25) is 0 Å². The van der Waals surface area contributed by atoms with Gasteiger partial charge in [0.1, 0.15) is 0 Å². The Balaban J connectivity index is 0.000000301. The summed E-state index contributed by atoms with van der Waals surface area (Å²) in [6, 6.07) is 4.00. The molecule has 0 aliphatic carbocycles. The van der Waals surface area contributed by atoms with Gasteiger partial charge in [-0.2, -0.15) is 31.4 Å². The van der Waals surface area contributed by atoms with Crippen molar-refractivity contribution in [3.63, 3.8) is 0 Å². The SMILES string of the molecule is Cn1cc(CN2C[C@@H]3COC[C@]3(COCc3cccnc3)C2)cn1.O=C(O)C(F)(F)F.O=C(O)C(F)(F)F. The monoisotopic (exact) mass is 556 g/mol. The molecular weight excluding hydrogens is 530 g/mol. The molecule has 0 aromatic carbocycles. The normalized spacial score (nSPS) is 21.1. The lowest BCUT2D eigenvalue weighted by atomic mass is 9.82. The first kappa shape index (κ1) is 31.0. The molecule has 2 aliphatic rings. The van der Waals surface area contributed by atoms with E-state index in [0.29, 0.717) is 12.5 Å². The Hall–Kier alpha value is -3.24. The molecule has 0 radical (unpaired) electrons. The second-order valence-electron chi connectivity index (χ2n) is 8.73. The summed E-state index contributed by atoms with van der Waals surface area (Å²) in [6.45, 7) is 6.06. The third-order valence-electron chi connectivity index (χ3n) is 5.62. The van der Waals surface area contributed by atoms with Crippen molar-refractivity contribution >= 4 is 11.9 Å². The Bertz CT molecular complexity index is 1020. The average Bonchev–Trinajstić information content (AvgIpc) is 3.48. The Kier molecular flexibility index (Phi) is 10.6. The molecule has 2 aromatic rings. The molecule has 0 saturated carbocycles. The number of alkyl halides is 6. The number of nitrogens with zero attached hydrogens (tertiary/aromatic N) is 4. The van der Waals surface area contributed by atoms with Gasteiger partial charge < -0.3 is 19.7 Å². The number of hydrogen-bond donors (Lipinski definition) is 2. The van der Waals surface area contributed by atoms with Crippen LogP contribution in [0, 0.1) is 11.3 Å². The molecule has 2 N–H and O–H groups in total. The van der Waals surface area contributed by atoms with Crippen LogP contribution in [0.4, 0.5) is 26.3 Å². The van der Waals surface area contributed by atoms with E-state index in [1.54, 1.807) is 6.20 Å². The molecule has 2 aliphatic heterocycles. The lowest BCUT2D eigenvalue weighted by Gasteiger charge is -2.27. The van der Waals surface area contributed by atoms with Gasteiger partial charge in [0.05, 0.1) is 32.6 Å². The maximum Gasteiger partial charge on any atom is 0.490 e. The molecule has 4 heterocycles. The summed E-state index contributed by atoms with van der Waals surface area (Å²) in [6.07, 6.45) is -2.47. The van der Waals surface area contributed by atoms with E-state index < -0.39 is 24.3 Å². The number of pyridine rings is 1. The van der Waals surface area contributed by atoms with E-state index in [9.17, 15) is 26.3 Å². The van der Waals surface area contributed by atoms with Gasteiger partial charge in [-0.3, -0.25) is 14.6 Å². The number of fused-ring (bicyclic) bond motifs is 1. The summed E-state index contributed by atoms with van der Waals surface area (Å²) >= 11 is 0. The minimum atomic E-state index is -5.08. The minimum absolute atomic E-state index is 0.129. The number of likely N-dealkylation sites (tertiary alicyclic amines) is 1. The quantitative estimate of drug-likeness (QED) is 0.517. The molecule has 0 bridgehead atoms. The molecule has 2 aromatic heterocycles. The predicted octanol–water partition coefficient (Wildman–Crippen LogP) is 2.75. The van der Waals surface area contributed by atoms with Crippen molar-refractivity contribution in [3.05, 3.63) is 48.0 Å². The third kappa shape index (κ3) is 9.57. The Morgan fingerprint density at radius 3 is 2.26 bits per heavy atom. The van der Waals surface area contributed by atoms with E-state index in [1.807, 2.05) is 30.2 Å². The van der Waals surface area contributed by atoms with Crippen molar-refractivity contribution in [2.24, 2.45) is 18.4 Å². The number of aromatic nitrogens is 3. The summed E-state index contributed by atoms with van der Waals surface area (Å²) in [5.74, 6) is -4.96. The molecule has 10 nitrogen and oxygen atoms in total. The molecule has 2 fully saturated rings. The number of halogens is 6. The van der Waals surface area contributed by atoms with Crippen LogP contribution in [0.25, 0.3) is 0 Å². The van der Waals surface area contributed by atoms with Gasteiger partial charge >= 0.3 is 24.3 Å². The lowest BCUT2D eigenvalue weighted by molar-refractivity contribution is -0.193. The number of carboxylic acids is 2. The summed E-state index contributed by atoms with van der Waals surface area (Å²) in [5.41, 5.74) is 2.52. The van der Waals surface area contributed by atoms with E-state index in [4.69, 9.17) is 29.3 Å². The number of hydrogen-bond acceptors (Lipinski definition) is 7. The standard InChI is InChI=1S/C18H24N4O2.2C2HF3O2/c1-21-7-16(6-20-21)8-22-9-17-11-24-14-18(17,12-22)13-23-10-15-3-2-4-19-5-15;2*3-2(4,5)1(6)7/h2-7,17H,8-14H2,1H3;2*(H,6,7)/t17-,18-;;/m1../s1. The van der Waals surface area contributed by atoms with Crippen molar-refractivity contribution in [1.82, 2.24) is 19.7 Å². The van der Waals surface area contributed by atoms with Gasteiger partial charge in [-0.25, -0.2) is 9.59 Å². The van der Waals surface area contributed by atoms with Gasteiger partial charge in [-0.15, -0.1) is 0 Å². The molecule has 38 heavy (non-hydrogen) atoms. The van der Waals surface area contributed by atoms with Crippen LogP contribution in [0.1, 0.15) is 11.1 Å². The first-order valence-electron chi connectivity index (χ1n) is 11.0. The Morgan fingerprint density at radius 2 is 1.76 bits per heavy atom. The number of carbonyl (C=O) groups is 2. The molecule has 212 valence electrons. The van der Waals surface area contributed by atoms with E-state index in [2.05, 4.69) is 27.2 Å². The highest BCUT2D eigenvalue weighted by molar-refractivity contribution is 5.73. The largest absolute Gasteiger partial charge is 0.490 e. The highest BCUT2D eigenvalue weighted by Gasteiger charge is 2.50. The zero-order valence-corrected chi connectivity index (χ0v) is 20.1. The summed E-state index contributed by atoms with van der Waals surface area (Å²) in [5, 5.41) is 18.5. The second-order valence-corrected chi connectivity index (χ2v) is 8.73. The zero-order chi connectivity index (χ0) is 28.6. The molecule has 0 unspecified atom stereocenters. The van der Waals surface area contributed by atoms with E-state index >= 15 is 0 Å². The predicted molar refractivity (Wildman–Crippen MR) is 117 cm³/mol. The van der Waals surface area contributed by atoms with Crippen molar-refractivity contribution in [2.75, 3.05) is 32.9 Å². The molecule has 0 amide bonds. The summed E-state index contributed by atoms with van der Waals surface area (Å²) in [7, 11) is 1.96. The summed E-state index contributed by atoms with van der Waals surface area (Å²) < 4.78 is 77.2. The van der Waals surface area contributed by atoms with Crippen molar-refractivity contribution in [2.45, 2.75) is 25.5 Å². The number of aryl methyl sites for hydroxylation is 1. The fourth-order valence-electron chi connectivity index (χ4n) is 3.93. The number of ether oxygens (including phenoxy) is 2. The van der Waals surface area contributed by atoms with Crippen LogP contribution < -0.4 is 0 Å². The van der Waals surface area contributed by atoms with E-state index in [-0.39, 0.29) is 5.41 Å².